The van der Waals surface area contributed by atoms with E-state index in [0.717, 1.165) is 17.7 Å². The SMILES string of the molecule is CCC(CC(C)OC=O)c1ccc(S)cc1. The monoisotopic (exact) mass is 238 g/mol. The fraction of sp³-hybridized carbons (Fsp3) is 0.462. The van der Waals surface area contributed by atoms with Crippen LogP contribution in [0.5, 0.6) is 0 Å². The van der Waals surface area contributed by atoms with Crippen LogP contribution in [-0.2, 0) is 9.53 Å². The van der Waals surface area contributed by atoms with Gasteiger partial charge in [-0.05, 0) is 43.4 Å². The largest absolute Gasteiger partial charge is 0.465 e. The molecule has 1 aromatic carbocycles. The van der Waals surface area contributed by atoms with Crippen molar-refractivity contribution in [3.05, 3.63) is 29.8 Å². The minimum Gasteiger partial charge on any atom is -0.465 e. The van der Waals surface area contributed by atoms with Crippen molar-refractivity contribution >= 4 is 19.1 Å². The molecule has 0 radical (unpaired) electrons. The lowest BCUT2D eigenvalue weighted by molar-refractivity contribution is -0.133. The van der Waals surface area contributed by atoms with Gasteiger partial charge in [0.1, 0.15) is 0 Å². The van der Waals surface area contributed by atoms with Gasteiger partial charge in [0.2, 0.25) is 0 Å². The van der Waals surface area contributed by atoms with Gasteiger partial charge in [-0.3, -0.25) is 4.79 Å². The molecule has 16 heavy (non-hydrogen) atoms. The molecular weight excluding hydrogens is 220 g/mol. The molecule has 2 atom stereocenters. The molecule has 0 saturated carbocycles. The van der Waals surface area contributed by atoms with Crippen molar-refractivity contribution < 1.29 is 9.53 Å². The Balaban J connectivity index is 2.66. The van der Waals surface area contributed by atoms with E-state index < -0.39 is 0 Å². The molecule has 0 fully saturated rings. The van der Waals surface area contributed by atoms with E-state index in [4.69, 9.17) is 4.74 Å². The Morgan fingerprint density at radius 2 is 2.00 bits per heavy atom. The summed E-state index contributed by atoms with van der Waals surface area (Å²) in [5, 5.41) is 0. The highest BCUT2D eigenvalue weighted by Crippen LogP contribution is 2.26. The smallest absolute Gasteiger partial charge is 0.293 e. The summed E-state index contributed by atoms with van der Waals surface area (Å²) in [5.74, 6) is 0.434. The molecule has 0 N–H and O–H groups in total. The molecule has 2 nitrogen and oxygen atoms in total. The van der Waals surface area contributed by atoms with E-state index >= 15 is 0 Å². The molecule has 0 heterocycles. The number of hydrogen-bond donors (Lipinski definition) is 1. The molecule has 0 saturated heterocycles. The molecule has 0 aliphatic rings. The quantitative estimate of drug-likeness (QED) is 0.607. The molecule has 88 valence electrons. The van der Waals surface area contributed by atoms with Crippen molar-refractivity contribution in [2.24, 2.45) is 0 Å². The first-order chi connectivity index (χ1) is 7.67. The molecule has 0 aromatic heterocycles. The van der Waals surface area contributed by atoms with E-state index in [2.05, 4.69) is 31.7 Å². The maximum Gasteiger partial charge on any atom is 0.293 e. The van der Waals surface area contributed by atoms with E-state index in [-0.39, 0.29) is 6.10 Å². The second-order valence-electron chi connectivity index (χ2n) is 3.98. The highest BCUT2D eigenvalue weighted by Gasteiger charge is 2.14. The lowest BCUT2D eigenvalue weighted by Crippen LogP contribution is -2.12. The Morgan fingerprint density at radius 3 is 2.50 bits per heavy atom. The summed E-state index contributed by atoms with van der Waals surface area (Å²) in [7, 11) is 0. The molecule has 0 bridgehead atoms. The Bertz CT molecular complexity index is 321. The van der Waals surface area contributed by atoms with Crippen LogP contribution in [0.2, 0.25) is 0 Å². The average Bonchev–Trinajstić information content (AvgIpc) is 2.27. The van der Waals surface area contributed by atoms with Gasteiger partial charge in [-0.1, -0.05) is 19.1 Å². The first kappa shape index (κ1) is 13.1. The van der Waals surface area contributed by atoms with Crippen molar-refractivity contribution in [1.29, 1.82) is 0 Å². The lowest BCUT2D eigenvalue weighted by atomic mass is 9.91. The predicted octanol–water partition coefficient (Wildman–Crippen LogP) is 3.42. The summed E-state index contributed by atoms with van der Waals surface area (Å²) in [4.78, 5) is 11.2. The fourth-order valence-corrected chi connectivity index (χ4v) is 1.99. The summed E-state index contributed by atoms with van der Waals surface area (Å²) < 4.78 is 4.92. The first-order valence-corrected chi connectivity index (χ1v) is 6.00. The standard InChI is InChI=1S/C13H18O2S/c1-3-11(8-10(2)15-9-14)12-4-6-13(16)7-5-12/h4-7,9-11,16H,3,8H2,1-2H3. The minimum absolute atomic E-state index is 0.0295. The maximum absolute atomic E-state index is 10.2. The van der Waals surface area contributed by atoms with Crippen LogP contribution < -0.4 is 0 Å². The van der Waals surface area contributed by atoms with Gasteiger partial charge in [0.25, 0.3) is 6.47 Å². The van der Waals surface area contributed by atoms with Crippen LogP contribution in [0.25, 0.3) is 0 Å². The molecule has 2 unspecified atom stereocenters. The molecule has 0 amide bonds. The summed E-state index contributed by atoms with van der Waals surface area (Å²) in [6.45, 7) is 4.59. The predicted molar refractivity (Wildman–Crippen MR) is 68.0 cm³/mol. The third kappa shape index (κ3) is 3.89. The molecular formula is C13H18O2S. The van der Waals surface area contributed by atoms with Crippen LogP contribution in [0.1, 0.15) is 38.2 Å². The van der Waals surface area contributed by atoms with Crippen molar-refractivity contribution in [3.63, 3.8) is 0 Å². The molecule has 1 aromatic rings. The first-order valence-electron chi connectivity index (χ1n) is 5.55. The summed E-state index contributed by atoms with van der Waals surface area (Å²) in [5.41, 5.74) is 1.28. The second-order valence-corrected chi connectivity index (χ2v) is 4.49. The van der Waals surface area contributed by atoms with Gasteiger partial charge in [-0.25, -0.2) is 0 Å². The van der Waals surface area contributed by atoms with Crippen LogP contribution in [0.15, 0.2) is 29.2 Å². The number of carbonyl (C=O) groups is 1. The highest BCUT2D eigenvalue weighted by molar-refractivity contribution is 7.80. The summed E-state index contributed by atoms with van der Waals surface area (Å²) in [6, 6.07) is 8.16. The summed E-state index contributed by atoms with van der Waals surface area (Å²) >= 11 is 4.26. The number of hydrogen-bond acceptors (Lipinski definition) is 3. The Labute approximate surface area is 102 Å². The molecule has 0 aliphatic carbocycles. The van der Waals surface area contributed by atoms with Gasteiger partial charge in [-0.15, -0.1) is 12.6 Å². The van der Waals surface area contributed by atoms with Gasteiger partial charge >= 0.3 is 0 Å². The average molecular weight is 238 g/mol. The minimum atomic E-state index is -0.0295. The third-order valence-electron chi connectivity index (χ3n) is 2.76. The van der Waals surface area contributed by atoms with Crippen molar-refractivity contribution in [2.75, 3.05) is 0 Å². The Hall–Kier alpha value is -0.960. The van der Waals surface area contributed by atoms with Crippen LogP contribution in [-0.4, -0.2) is 12.6 Å². The second kappa shape index (κ2) is 6.59. The fourth-order valence-electron chi connectivity index (χ4n) is 1.84. The number of carbonyl (C=O) groups excluding carboxylic acids is 1. The van der Waals surface area contributed by atoms with Gasteiger partial charge in [-0.2, -0.15) is 0 Å². The Kier molecular flexibility index (Phi) is 5.39. The zero-order valence-corrected chi connectivity index (χ0v) is 10.6. The number of benzene rings is 1. The van der Waals surface area contributed by atoms with Crippen molar-refractivity contribution in [2.45, 2.75) is 43.6 Å². The molecule has 1 rings (SSSR count). The molecule has 3 heteroatoms. The highest BCUT2D eigenvalue weighted by atomic mass is 32.1. The third-order valence-corrected chi connectivity index (χ3v) is 3.06. The van der Waals surface area contributed by atoms with Crippen molar-refractivity contribution in [1.82, 2.24) is 0 Å². The van der Waals surface area contributed by atoms with Crippen molar-refractivity contribution in [3.8, 4) is 0 Å². The molecule has 0 spiro atoms. The van der Waals surface area contributed by atoms with E-state index in [1.54, 1.807) is 0 Å². The van der Waals surface area contributed by atoms with Gasteiger partial charge < -0.3 is 4.74 Å². The number of ether oxygens (including phenoxy) is 1. The lowest BCUT2D eigenvalue weighted by Gasteiger charge is -2.19. The molecule has 0 aliphatic heterocycles. The van der Waals surface area contributed by atoms with Crippen LogP contribution >= 0.6 is 12.6 Å². The van der Waals surface area contributed by atoms with Crippen LogP contribution in [0.3, 0.4) is 0 Å². The van der Waals surface area contributed by atoms with E-state index in [1.165, 1.54) is 5.56 Å². The summed E-state index contributed by atoms with van der Waals surface area (Å²) in [6.07, 6.45) is 1.87. The van der Waals surface area contributed by atoms with E-state index in [9.17, 15) is 4.79 Å². The van der Waals surface area contributed by atoms with Gasteiger partial charge in [0.15, 0.2) is 0 Å². The normalized spacial score (nSPS) is 14.2. The Morgan fingerprint density at radius 1 is 1.38 bits per heavy atom. The van der Waals surface area contributed by atoms with Crippen LogP contribution in [0.4, 0.5) is 0 Å². The van der Waals surface area contributed by atoms with Gasteiger partial charge in [0.05, 0.1) is 6.10 Å². The van der Waals surface area contributed by atoms with Gasteiger partial charge in [0, 0.05) is 4.90 Å². The zero-order valence-electron chi connectivity index (χ0n) is 9.72. The zero-order chi connectivity index (χ0) is 12.0. The number of rotatable bonds is 6. The maximum atomic E-state index is 10.2. The topological polar surface area (TPSA) is 26.3 Å². The van der Waals surface area contributed by atoms with Crippen LogP contribution in [0, 0.1) is 0 Å². The van der Waals surface area contributed by atoms with E-state index in [0.29, 0.717) is 12.4 Å². The number of thiol groups is 1. The van der Waals surface area contributed by atoms with E-state index in [1.807, 2.05) is 19.1 Å².